The number of benzene rings is 2. The summed E-state index contributed by atoms with van der Waals surface area (Å²) in [5.74, 6) is 0.826. The molecule has 1 amide bonds. The molecule has 23 heavy (non-hydrogen) atoms. The highest BCUT2D eigenvalue weighted by Gasteiger charge is 2.07. The van der Waals surface area contributed by atoms with E-state index in [-0.39, 0.29) is 5.91 Å². The van der Waals surface area contributed by atoms with Crippen molar-refractivity contribution in [3.05, 3.63) is 54.4 Å². The Hall–Kier alpha value is -2.82. The lowest BCUT2D eigenvalue weighted by Gasteiger charge is -2.13. The standard InChI is InChI=1S/C18H20N4O/c1-22(2)14-9-7-13(8-10-14)19-18(23)12-11-17-20-15-5-3-4-6-16(15)21-17/h3-10H,11-12H2,1-2H3,(H,19,23)(H,20,21). The number of aromatic amines is 1. The number of hydrogen-bond donors (Lipinski definition) is 2. The predicted octanol–water partition coefficient (Wildman–Crippen LogP) is 3.20. The van der Waals surface area contributed by atoms with Gasteiger partial charge in [0.25, 0.3) is 0 Å². The smallest absolute Gasteiger partial charge is 0.224 e. The third-order valence-corrected chi connectivity index (χ3v) is 3.69. The number of H-pyrrole nitrogens is 1. The van der Waals surface area contributed by atoms with E-state index in [0.29, 0.717) is 12.8 Å². The maximum Gasteiger partial charge on any atom is 0.224 e. The first kappa shape index (κ1) is 15.1. The minimum absolute atomic E-state index is 0.0111. The molecule has 3 rings (SSSR count). The molecule has 0 aliphatic heterocycles. The Morgan fingerprint density at radius 3 is 2.57 bits per heavy atom. The van der Waals surface area contributed by atoms with Crippen molar-refractivity contribution in [2.45, 2.75) is 12.8 Å². The highest BCUT2D eigenvalue weighted by molar-refractivity contribution is 5.91. The van der Waals surface area contributed by atoms with Crippen molar-refractivity contribution in [3.8, 4) is 0 Å². The van der Waals surface area contributed by atoms with E-state index in [1.807, 2.05) is 67.5 Å². The predicted molar refractivity (Wildman–Crippen MR) is 93.8 cm³/mol. The Kier molecular flexibility index (Phi) is 4.28. The van der Waals surface area contributed by atoms with Crippen molar-refractivity contribution in [1.29, 1.82) is 0 Å². The van der Waals surface area contributed by atoms with Crippen LogP contribution in [0.4, 0.5) is 11.4 Å². The summed E-state index contributed by atoms with van der Waals surface area (Å²) in [6.07, 6.45) is 0.992. The van der Waals surface area contributed by atoms with Gasteiger partial charge in [-0.25, -0.2) is 4.98 Å². The summed E-state index contributed by atoms with van der Waals surface area (Å²) < 4.78 is 0. The Balaban J connectivity index is 1.56. The first-order valence-electron chi connectivity index (χ1n) is 7.63. The van der Waals surface area contributed by atoms with Crippen LogP contribution in [0.15, 0.2) is 48.5 Å². The molecule has 0 aliphatic carbocycles. The van der Waals surface area contributed by atoms with Crippen LogP contribution < -0.4 is 10.2 Å². The second-order valence-electron chi connectivity index (χ2n) is 5.69. The van der Waals surface area contributed by atoms with Gasteiger partial charge in [-0.3, -0.25) is 4.79 Å². The van der Waals surface area contributed by atoms with Crippen molar-refractivity contribution in [2.75, 3.05) is 24.3 Å². The first-order chi connectivity index (χ1) is 11.1. The Bertz CT molecular complexity index is 772. The van der Waals surface area contributed by atoms with Gasteiger partial charge in [0.1, 0.15) is 5.82 Å². The Labute approximate surface area is 135 Å². The molecule has 0 radical (unpaired) electrons. The van der Waals surface area contributed by atoms with Crippen LogP contribution >= 0.6 is 0 Å². The van der Waals surface area contributed by atoms with Gasteiger partial charge >= 0.3 is 0 Å². The molecule has 0 spiro atoms. The summed E-state index contributed by atoms with van der Waals surface area (Å²) in [7, 11) is 3.97. The normalized spacial score (nSPS) is 10.7. The number of fused-ring (bicyclic) bond motifs is 1. The summed E-state index contributed by atoms with van der Waals surface area (Å²) in [4.78, 5) is 21.8. The number of anilines is 2. The van der Waals surface area contributed by atoms with Crippen molar-refractivity contribution >= 4 is 28.3 Å². The lowest BCUT2D eigenvalue weighted by atomic mass is 10.2. The third-order valence-electron chi connectivity index (χ3n) is 3.69. The number of nitrogens with zero attached hydrogens (tertiary/aromatic N) is 2. The van der Waals surface area contributed by atoms with Gasteiger partial charge in [-0.2, -0.15) is 0 Å². The van der Waals surface area contributed by atoms with Gasteiger partial charge in [-0.1, -0.05) is 12.1 Å². The van der Waals surface area contributed by atoms with Gasteiger partial charge in [-0.05, 0) is 36.4 Å². The molecule has 0 bridgehead atoms. The van der Waals surface area contributed by atoms with Gasteiger partial charge in [0.15, 0.2) is 0 Å². The largest absolute Gasteiger partial charge is 0.378 e. The molecule has 0 saturated heterocycles. The quantitative estimate of drug-likeness (QED) is 0.761. The number of amides is 1. The third kappa shape index (κ3) is 3.69. The zero-order chi connectivity index (χ0) is 16.2. The number of para-hydroxylation sites is 2. The van der Waals surface area contributed by atoms with Gasteiger partial charge in [0, 0.05) is 38.3 Å². The molecule has 2 aromatic carbocycles. The fraction of sp³-hybridized carbons (Fsp3) is 0.222. The molecule has 118 valence electrons. The molecule has 0 fully saturated rings. The van der Waals surface area contributed by atoms with Crippen LogP contribution in [0.1, 0.15) is 12.2 Å². The summed E-state index contributed by atoms with van der Waals surface area (Å²) in [6.45, 7) is 0. The number of carbonyl (C=O) groups excluding carboxylic acids is 1. The summed E-state index contributed by atoms with van der Waals surface area (Å²) in [6, 6.07) is 15.7. The van der Waals surface area contributed by atoms with E-state index in [1.54, 1.807) is 0 Å². The molecule has 1 heterocycles. The van der Waals surface area contributed by atoms with Crippen LogP contribution in [0.2, 0.25) is 0 Å². The van der Waals surface area contributed by atoms with Crippen LogP contribution in [0, 0.1) is 0 Å². The number of aryl methyl sites for hydroxylation is 1. The lowest BCUT2D eigenvalue weighted by molar-refractivity contribution is -0.116. The highest BCUT2D eigenvalue weighted by Crippen LogP contribution is 2.16. The Morgan fingerprint density at radius 1 is 1.13 bits per heavy atom. The highest BCUT2D eigenvalue weighted by atomic mass is 16.1. The summed E-state index contributed by atoms with van der Waals surface area (Å²) in [5, 5.41) is 2.91. The average Bonchev–Trinajstić information content (AvgIpc) is 2.96. The van der Waals surface area contributed by atoms with Gasteiger partial charge in [-0.15, -0.1) is 0 Å². The maximum atomic E-state index is 12.1. The molecule has 3 aromatic rings. The monoisotopic (exact) mass is 308 g/mol. The van der Waals surface area contributed by atoms with E-state index >= 15 is 0 Å². The summed E-state index contributed by atoms with van der Waals surface area (Å²) in [5.41, 5.74) is 3.85. The van der Waals surface area contributed by atoms with Gasteiger partial charge in [0.05, 0.1) is 11.0 Å². The zero-order valence-electron chi connectivity index (χ0n) is 13.3. The maximum absolute atomic E-state index is 12.1. The zero-order valence-corrected chi connectivity index (χ0v) is 13.3. The number of carbonyl (C=O) groups is 1. The molecule has 5 heteroatoms. The van der Waals surface area contributed by atoms with Crippen LogP contribution in [-0.2, 0) is 11.2 Å². The van der Waals surface area contributed by atoms with E-state index in [0.717, 1.165) is 28.2 Å². The first-order valence-corrected chi connectivity index (χ1v) is 7.63. The molecule has 0 saturated carbocycles. The Morgan fingerprint density at radius 2 is 1.87 bits per heavy atom. The van der Waals surface area contributed by atoms with Crippen molar-refractivity contribution < 1.29 is 4.79 Å². The SMILES string of the molecule is CN(C)c1ccc(NC(=O)CCc2nc3ccccc3[nH]2)cc1. The lowest BCUT2D eigenvalue weighted by Crippen LogP contribution is -2.13. The fourth-order valence-electron chi connectivity index (χ4n) is 2.42. The van der Waals surface area contributed by atoms with Gasteiger partial charge < -0.3 is 15.2 Å². The molecular weight excluding hydrogens is 288 g/mol. The van der Waals surface area contributed by atoms with E-state index in [2.05, 4.69) is 15.3 Å². The minimum atomic E-state index is -0.0111. The van der Waals surface area contributed by atoms with Crippen LogP contribution in [-0.4, -0.2) is 30.0 Å². The van der Waals surface area contributed by atoms with Crippen molar-refractivity contribution in [3.63, 3.8) is 0 Å². The molecule has 2 N–H and O–H groups in total. The second-order valence-corrected chi connectivity index (χ2v) is 5.69. The molecule has 1 aromatic heterocycles. The van der Waals surface area contributed by atoms with Crippen molar-refractivity contribution in [2.24, 2.45) is 0 Å². The van der Waals surface area contributed by atoms with E-state index in [4.69, 9.17) is 0 Å². The molecule has 0 aliphatic rings. The summed E-state index contributed by atoms with van der Waals surface area (Å²) >= 11 is 0. The van der Waals surface area contributed by atoms with Crippen LogP contribution in [0.3, 0.4) is 0 Å². The number of hydrogen-bond acceptors (Lipinski definition) is 3. The van der Waals surface area contributed by atoms with E-state index in [1.165, 1.54) is 0 Å². The second kappa shape index (κ2) is 6.52. The molecular formula is C18H20N4O. The topological polar surface area (TPSA) is 61.0 Å². The number of nitrogens with one attached hydrogen (secondary N) is 2. The fourth-order valence-corrected chi connectivity index (χ4v) is 2.42. The van der Waals surface area contributed by atoms with Crippen LogP contribution in [0.25, 0.3) is 11.0 Å². The van der Waals surface area contributed by atoms with Gasteiger partial charge in [0.2, 0.25) is 5.91 Å². The number of rotatable bonds is 5. The van der Waals surface area contributed by atoms with E-state index < -0.39 is 0 Å². The number of imidazole rings is 1. The molecule has 0 unspecified atom stereocenters. The average molecular weight is 308 g/mol. The molecule has 0 atom stereocenters. The number of aromatic nitrogens is 2. The molecule has 5 nitrogen and oxygen atoms in total. The van der Waals surface area contributed by atoms with Crippen molar-refractivity contribution in [1.82, 2.24) is 9.97 Å². The van der Waals surface area contributed by atoms with E-state index in [9.17, 15) is 4.79 Å². The minimum Gasteiger partial charge on any atom is -0.378 e. The van der Waals surface area contributed by atoms with Crippen LogP contribution in [0.5, 0.6) is 0 Å².